The fourth-order valence-corrected chi connectivity index (χ4v) is 3.27. The summed E-state index contributed by atoms with van der Waals surface area (Å²) in [7, 11) is 3.71. The third kappa shape index (κ3) is 5.40. The number of nitriles is 1. The van der Waals surface area contributed by atoms with Gasteiger partial charge in [0.1, 0.15) is 0 Å². The second-order valence-corrected chi connectivity index (χ2v) is 7.15. The van der Waals surface area contributed by atoms with Crippen LogP contribution in [-0.2, 0) is 11.3 Å². The molecule has 0 saturated carbocycles. The van der Waals surface area contributed by atoms with Crippen molar-refractivity contribution >= 4 is 49.5 Å². The topological polar surface area (TPSA) is 92.6 Å². The number of carboxylic acid groups (broad SMARTS) is 1. The number of carbonyl (C=O) groups excluding carboxylic acids is 1. The number of nitrogens with zero attached hydrogens (tertiary/aromatic N) is 3. The van der Waals surface area contributed by atoms with Crippen molar-refractivity contribution in [2.75, 3.05) is 14.1 Å². The average molecular weight is 457 g/mol. The van der Waals surface area contributed by atoms with Crippen molar-refractivity contribution in [1.82, 2.24) is 9.97 Å². The van der Waals surface area contributed by atoms with Crippen LogP contribution in [0.5, 0.6) is 0 Å². The minimum atomic E-state index is -1.05. The Kier molecular flexibility index (Phi) is 8.35. The van der Waals surface area contributed by atoms with Crippen molar-refractivity contribution in [2.24, 2.45) is 0 Å². The van der Waals surface area contributed by atoms with E-state index in [2.05, 4.69) is 16.0 Å². The van der Waals surface area contributed by atoms with E-state index in [0.717, 1.165) is 15.6 Å². The molecule has 1 rings (SSSR count). The number of quaternary nitrogens is 1. The Labute approximate surface area is 142 Å². The average Bonchev–Trinajstić information content (AvgIpc) is 2.75. The Morgan fingerprint density at radius 1 is 1.65 bits per heavy atom. The summed E-state index contributed by atoms with van der Waals surface area (Å²) < 4.78 is 1.27. The summed E-state index contributed by atoms with van der Waals surface area (Å²) >= 11 is 0.149. The molecular weight excluding hydrogens is 438 g/mol. The van der Waals surface area contributed by atoms with E-state index in [-0.39, 0.29) is 38.9 Å². The molecule has 0 saturated heterocycles. The first kappa shape index (κ1) is 19.4. The van der Waals surface area contributed by atoms with Gasteiger partial charge in [0.2, 0.25) is 0 Å². The second-order valence-electron chi connectivity index (χ2n) is 4.87. The normalized spacial score (nSPS) is 12.3. The molecule has 0 unspecified atom stereocenters. The van der Waals surface area contributed by atoms with Crippen LogP contribution in [0, 0.1) is 11.3 Å². The molecule has 8 heteroatoms. The number of nitrogens with one attached hydrogen (secondary N) is 1. The van der Waals surface area contributed by atoms with Gasteiger partial charge in [-0.3, -0.25) is 0 Å². The predicted octanol–water partition coefficient (Wildman–Crippen LogP) is -0.596. The van der Waals surface area contributed by atoms with Crippen molar-refractivity contribution in [3.63, 3.8) is 0 Å². The third-order valence-corrected chi connectivity index (χ3v) is 5.25. The summed E-state index contributed by atoms with van der Waals surface area (Å²) in [6.45, 7) is 2.20. The molecule has 1 aromatic rings. The number of halogens is 1. The van der Waals surface area contributed by atoms with Crippen LogP contribution in [0.3, 0.4) is 0 Å². The maximum atomic E-state index is 11.0. The van der Waals surface area contributed by atoms with E-state index in [4.69, 9.17) is 5.26 Å². The number of carbonyl (C=O) groups is 1. The van der Waals surface area contributed by atoms with Crippen LogP contribution >= 0.6 is 24.0 Å². The van der Waals surface area contributed by atoms with Gasteiger partial charge >= 0.3 is 119 Å². The number of aromatic nitrogens is 2. The molecule has 0 bridgehead atoms. The van der Waals surface area contributed by atoms with Crippen LogP contribution in [-0.4, -0.2) is 55.5 Å². The van der Waals surface area contributed by atoms with Crippen molar-refractivity contribution in [1.29, 1.82) is 5.26 Å². The Balaban J connectivity index is 0.00000361. The van der Waals surface area contributed by atoms with Crippen molar-refractivity contribution in [3.05, 3.63) is 12.0 Å². The van der Waals surface area contributed by atoms with Gasteiger partial charge in [0, 0.05) is 0 Å². The third-order valence-electron chi connectivity index (χ3n) is 3.09. The predicted molar refractivity (Wildman–Crippen MR) is 84.7 cm³/mol. The fraction of sp³-hybridized carbons (Fsp3) is 0.583. The molecule has 20 heavy (non-hydrogen) atoms. The van der Waals surface area contributed by atoms with E-state index in [9.17, 15) is 9.90 Å². The molecule has 1 heterocycles. The summed E-state index contributed by atoms with van der Waals surface area (Å²) in [4.78, 5) is 18.3. The molecule has 0 fully saturated rings. The van der Waals surface area contributed by atoms with E-state index in [1.165, 1.54) is 0 Å². The Bertz CT molecular complexity index is 484. The molecule has 0 amide bonds. The van der Waals surface area contributed by atoms with E-state index in [1.807, 2.05) is 14.1 Å². The molecule has 0 radical (unpaired) electrons. The van der Waals surface area contributed by atoms with Gasteiger partial charge in [0.15, 0.2) is 0 Å². The number of aromatic amines is 1. The summed E-state index contributed by atoms with van der Waals surface area (Å²) in [5.41, 5.74) is 0.955. The minimum Gasteiger partial charge on any atom is -0.107 e. The summed E-state index contributed by atoms with van der Waals surface area (Å²) in [6, 6.07) is 1.52. The fourth-order valence-electron chi connectivity index (χ4n) is 1.57. The molecule has 0 aliphatic rings. The minimum absolute atomic E-state index is 0. The molecule has 1 aromatic heterocycles. The van der Waals surface area contributed by atoms with Gasteiger partial charge in [-0.2, -0.15) is 0 Å². The first-order valence-corrected chi connectivity index (χ1v) is 8.00. The maximum absolute atomic E-state index is 11.0. The van der Waals surface area contributed by atoms with Crippen molar-refractivity contribution < 1.29 is 14.4 Å². The summed E-state index contributed by atoms with van der Waals surface area (Å²) in [5.74, 6) is -1.05. The van der Waals surface area contributed by atoms with E-state index < -0.39 is 12.0 Å². The van der Waals surface area contributed by atoms with Crippen LogP contribution in [0.15, 0.2) is 6.33 Å². The molecular formula is C12H19IN4O2Se. The van der Waals surface area contributed by atoms with Crippen LogP contribution in [0.1, 0.15) is 19.0 Å². The SMILES string of the molecule is C[C@@H](C(=O)[O-])[N+](C)(C)Cc1[nH]cnc1[Se]CCC#N.I. The Morgan fingerprint density at radius 2 is 2.30 bits per heavy atom. The van der Waals surface area contributed by atoms with Gasteiger partial charge in [-0.25, -0.2) is 0 Å². The molecule has 6 nitrogen and oxygen atoms in total. The largest absolute Gasteiger partial charge is 0.107 e. The Hall–Kier alpha value is -0.621. The second kappa shape index (κ2) is 8.62. The van der Waals surface area contributed by atoms with Crippen LogP contribution in [0.25, 0.3) is 0 Å². The number of likely N-dealkylation sites (N-methyl/N-ethyl adjacent to an activating group) is 1. The van der Waals surface area contributed by atoms with Gasteiger partial charge in [0.25, 0.3) is 0 Å². The number of hydrogen-bond donors (Lipinski definition) is 1. The molecule has 0 aromatic carbocycles. The van der Waals surface area contributed by atoms with Crippen molar-refractivity contribution in [3.8, 4) is 6.07 Å². The molecule has 1 N–H and O–H groups in total. The number of H-pyrrole nitrogens is 1. The van der Waals surface area contributed by atoms with Crippen LogP contribution < -0.4 is 9.70 Å². The quantitative estimate of drug-likeness (QED) is 0.257. The Morgan fingerprint density at radius 3 is 2.85 bits per heavy atom. The van der Waals surface area contributed by atoms with Gasteiger partial charge in [-0.1, -0.05) is 0 Å². The van der Waals surface area contributed by atoms with Crippen LogP contribution in [0.4, 0.5) is 0 Å². The van der Waals surface area contributed by atoms with Crippen LogP contribution in [0.2, 0.25) is 5.32 Å². The zero-order chi connectivity index (χ0) is 14.5. The number of aliphatic carboxylic acids is 1. The summed E-state index contributed by atoms with van der Waals surface area (Å²) in [5, 5.41) is 20.4. The molecule has 0 aliphatic carbocycles. The van der Waals surface area contributed by atoms with Gasteiger partial charge in [0.05, 0.1) is 0 Å². The molecule has 0 spiro atoms. The first-order chi connectivity index (χ1) is 8.88. The first-order valence-electron chi connectivity index (χ1n) is 5.94. The zero-order valence-corrected chi connectivity index (χ0v) is 15.8. The van der Waals surface area contributed by atoms with E-state index >= 15 is 0 Å². The number of carboxylic acids is 1. The van der Waals surface area contributed by atoms with Gasteiger partial charge < -0.3 is 0 Å². The van der Waals surface area contributed by atoms with E-state index in [1.54, 1.807) is 13.3 Å². The van der Waals surface area contributed by atoms with E-state index in [0.29, 0.717) is 17.4 Å². The molecule has 1 atom stereocenters. The van der Waals surface area contributed by atoms with Gasteiger partial charge in [-0.05, 0) is 0 Å². The maximum Gasteiger partial charge on any atom is -0.107 e. The molecule has 0 aliphatic heterocycles. The monoisotopic (exact) mass is 458 g/mol. The van der Waals surface area contributed by atoms with Crippen molar-refractivity contribution in [2.45, 2.75) is 31.3 Å². The van der Waals surface area contributed by atoms with Gasteiger partial charge in [-0.15, -0.1) is 24.0 Å². The molecule has 112 valence electrons. The number of rotatable bonds is 7. The smallest absolute Gasteiger partial charge is 0.107 e. The number of imidazole rings is 1. The standard InChI is InChI=1S/C12H18N4O2Se.HI/c1-9(12(17)18)16(2,3)7-10-11(15-8-14-10)19-6-4-5-13;/h8-9H,4,6-7H2,1-3H3,(H-,14,15,17,18);1H/t9-;/m0./s1. The zero-order valence-electron chi connectivity index (χ0n) is 11.8. The number of hydrogen-bond acceptors (Lipinski definition) is 4. The summed E-state index contributed by atoms with van der Waals surface area (Å²) in [6.07, 6.45) is 2.16.